The van der Waals surface area contributed by atoms with Crippen LogP contribution >= 0.6 is 11.3 Å². The number of morpholine rings is 1. The minimum atomic E-state index is 0.697. The number of nitrogens with zero attached hydrogens (tertiary/aromatic N) is 3. The zero-order chi connectivity index (χ0) is 12.4. The third-order valence-electron chi connectivity index (χ3n) is 3.00. The lowest BCUT2D eigenvalue weighted by Gasteiger charge is -2.27. The Morgan fingerprint density at radius 1 is 1.50 bits per heavy atom. The Morgan fingerprint density at radius 2 is 2.33 bits per heavy atom. The quantitative estimate of drug-likeness (QED) is 0.886. The van der Waals surface area contributed by atoms with Crippen molar-refractivity contribution in [2.45, 2.75) is 6.54 Å². The van der Waals surface area contributed by atoms with E-state index < -0.39 is 0 Å². The number of hydrogen-bond donors (Lipinski definition) is 1. The summed E-state index contributed by atoms with van der Waals surface area (Å²) in [6.07, 6.45) is 2.02. The van der Waals surface area contributed by atoms with E-state index in [1.165, 1.54) is 0 Å². The standard InChI is InChI=1S/C11H16N4O2S/c1-16-10-9(15-4-7-18-11(15)13-10)8-12-14-2-5-17-6-3-14/h4,7,12H,2-3,5-6,8H2,1H3. The van der Waals surface area contributed by atoms with E-state index in [0.717, 1.165) is 37.0 Å². The summed E-state index contributed by atoms with van der Waals surface area (Å²) in [6.45, 7) is 4.09. The topological polar surface area (TPSA) is 51.0 Å². The molecule has 0 aliphatic carbocycles. The molecule has 0 spiro atoms. The highest BCUT2D eigenvalue weighted by molar-refractivity contribution is 7.15. The Hall–Kier alpha value is -1.15. The van der Waals surface area contributed by atoms with E-state index in [9.17, 15) is 0 Å². The maximum absolute atomic E-state index is 5.32. The van der Waals surface area contributed by atoms with Crippen LogP contribution in [-0.4, -0.2) is 47.8 Å². The van der Waals surface area contributed by atoms with Crippen LogP contribution in [0.15, 0.2) is 11.6 Å². The van der Waals surface area contributed by atoms with Crippen molar-refractivity contribution in [3.8, 4) is 5.88 Å². The number of imidazole rings is 1. The first kappa shape index (κ1) is 11.9. The van der Waals surface area contributed by atoms with Gasteiger partial charge >= 0.3 is 0 Å². The molecule has 2 aromatic heterocycles. The molecule has 1 N–H and O–H groups in total. The summed E-state index contributed by atoms with van der Waals surface area (Å²) in [6, 6.07) is 0. The molecule has 2 aromatic rings. The Labute approximate surface area is 109 Å². The van der Waals surface area contributed by atoms with Crippen molar-refractivity contribution in [2.75, 3.05) is 33.4 Å². The van der Waals surface area contributed by atoms with Crippen molar-refractivity contribution < 1.29 is 9.47 Å². The highest BCUT2D eigenvalue weighted by Gasteiger charge is 2.15. The number of nitrogens with one attached hydrogen (secondary N) is 1. The van der Waals surface area contributed by atoms with Crippen molar-refractivity contribution in [1.82, 2.24) is 19.8 Å². The fraction of sp³-hybridized carbons (Fsp3) is 0.545. The number of fused-ring (bicyclic) bond motifs is 1. The van der Waals surface area contributed by atoms with E-state index >= 15 is 0 Å². The van der Waals surface area contributed by atoms with Gasteiger partial charge in [-0.15, -0.1) is 11.3 Å². The maximum atomic E-state index is 5.32. The van der Waals surface area contributed by atoms with E-state index in [1.807, 2.05) is 11.6 Å². The highest BCUT2D eigenvalue weighted by Crippen LogP contribution is 2.22. The van der Waals surface area contributed by atoms with Gasteiger partial charge < -0.3 is 9.47 Å². The average Bonchev–Trinajstić information content (AvgIpc) is 2.98. The van der Waals surface area contributed by atoms with Gasteiger partial charge in [0.1, 0.15) is 5.69 Å². The highest BCUT2D eigenvalue weighted by atomic mass is 32.1. The lowest BCUT2D eigenvalue weighted by atomic mass is 10.4. The molecule has 1 aliphatic heterocycles. The maximum Gasteiger partial charge on any atom is 0.237 e. The third kappa shape index (κ3) is 2.22. The molecule has 0 bridgehead atoms. The fourth-order valence-corrected chi connectivity index (χ4v) is 2.77. The van der Waals surface area contributed by atoms with Gasteiger partial charge in [0.05, 0.1) is 26.9 Å². The van der Waals surface area contributed by atoms with Crippen molar-refractivity contribution in [3.05, 3.63) is 17.3 Å². The Kier molecular flexibility index (Phi) is 3.46. The Balaban J connectivity index is 1.74. The van der Waals surface area contributed by atoms with Crippen LogP contribution in [0.2, 0.25) is 0 Å². The van der Waals surface area contributed by atoms with Crippen LogP contribution in [0.25, 0.3) is 4.96 Å². The Bertz CT molecular complexity index is 518. The molecule has 7 heteroatoms. The predicted octanol–water partition coefficient (Wildman–Crippen LogP) is 0.741. The van der Waals surface area contributed by atoms with Crippen LogP contribution in [0, 0.1) is 0 Å². The number of methoxy groups -OCH3 is 1. The monoisotopic (exact) mass is 268 g/mol. The second-order valence-corrected chi connectivity index (χ2v) is 4.93. The van der Waals surface area contributed by atoms with Crippen LogP contribution in [-0.2, 0) is 11.3 Å². The lowest BCUT2D eigenvalue weighted by molar-refractivity contribution is 0.0102. The molecule has 0 atom stereocenters. The summed E-state index contributed by atoms with van der Waals surface area (Å²) in [7, 11) is 1.66. The first-order valence-electron chi connectivity index (χ1n) is 5.93. The zero-order valence-corrected chi connectivity index (χ0v) is 11.1. The van der Waals surface area contributed by atoms with Crippen LogP contribution in [0.1, 0.15) is 5.69 Å². The summed E-state index contributed by atoms with van der Waals surface area (Å²) in [5.74, 6) is 0.697. The van der Waals surface area contributed by atoms with Crippen molar-refractivity contribution in [3.63, 3.8) is 0 Å². The molecule has 0 saturated carbocycles. The van der Waals surface area contributed by atoms with Crippen LogP contribution in [0.3, 0.4) is 0 Å². The van der Waals surface area contributed by atoms with E-state index in [4.69, 9.17) is 9.47 Å². The summed E-state index contributed by atoms with van der Waals surface area (Å²) >= 11 is 1.61. The molecule has 98 valence electrons. The predicted molar refractivity (Wildman–Crippen MR) is 68.9 cm³/mol. The van der Waals surface area contributed by atoms with Gasteiger partial charge in [-0.1, -0.05) is 0 Å². The smallest absolute Gasteiger partial charge is 0.237 e. The summed E-state index contributed by atoms with van der Waals surface area (Å²) in [5, 5.41) is 4.20. The molecule has 0 aromatic carbocycles. The van der Waals surface area contributed by atoms with Crippen molar-refractivity contribution >= 4 is 16.3 Å². The molecule has 0 amide bonds. The van der Waals surface area contributed by atoms with Crippen LogP contribution in [0.4, 0.5) is 0 Å². The first-order chi connectivity index (χ1) is 8.88. The van der Waals surface area contributed by atoms with Gasteiger partial charge in [0.15, 0.2) is 4.96 Å². The normalized spacial score (nSPS) is 17.4. The molecule has 3 heterocycles. The molecule has 0 unspecified atom stereocenters. The number of ether oxygens (including phenoxy) is 2. The lowest BCUT2D eigenvalue weighted by Crippen LogP contribution is -2.45. The zero-order valence-electron chi connectivity index (χ0n) is 10.3. The Morgan fingerprint density at radius 3 is 3.11 bits per heavy atom. The average molecular weight is 268 g/mol. The molecule has 1 saturated heterocycles. The van der Waals surface area contributed by atoms with E-state index in [2.05, 4.69) is 19.8 Å². The van der Waals surface area contributed by atoms with E-state index in [-0.39, 0.29) is 0 Å². The van der Waals surface area contributed by atoms with Crippen molar-refractivity contribution in [2.24, 2.45) is 0 Å². The molecule has 0 radical (unpaired) electrons. The van der Waals surface area contributed by atoms with Gasteiger partial charge in [-0.05, 0) is 0 Å². The van der Waals surface area contributed by atoms with Crippen LogP contribution < -0.4 is 10.2 Å². The van der Waals surface area contributed by atoms with Gasteiger partial charge in [0.25, 0.3) is 0 Å². The SMILES string of the molecule is COc1nc2sccn2c1CNN1CCOCC1. The summed E-state index contributed by atoms with van der Waals surface area (Å²) in [5.41, 5.74) is 4.45. The number of thiazole rings is 1. The van der Waals surface area contributed by atoms with Gasteiger partial charge in [0, 0.05) is 24.7 Å². The van der Waals surface area contributed by atoms with Gasteiger partial charge in [-0.3, -0.25) is 4.40 Å². The van der Waals surface area contributed by atoms with Gasteiger partial charge in [-0.25, -0.2) is 10.4 Å². The molecule has 1 aliphatic rings. The number of rotatable bonds is 4. The minimum absolute atomic E-state index is 0.697. The fourth-order valence-electron chi connectivity index (χ4n) is 2.05. The number of hydrogen-bond acceptors (Lipinski definition) is 6. The summed E-state index contributed by atoms with van der Waals surface area (Å²) in [4.78, 5) is 5.39. The van der Waals surface area contributed by atoms with E-state index in [1.54, 1.807) is 18.4 Å². The second-order valence-electron chi connectivity index (χ2n) is 4.06. The third-order valence-corrected chi connectivity index (χ3v) is 3.76. The second kappa shape index (κ2) is 5.23. The number of hydrazine groups is 1. The molecule has 1 fully saturated rings. The minimum Gasteiger partial charge on any atom is -0.480 e. The molecule has 18 heavy (non-hydrogen) atoms. The van der Waals surface area contributed by atoms with Gasteiger partial charge in [-0.2, -0.15) is 4.98 Å². The largest absolute Gasteiger partial charge is 0.480 e. The summed E-state index contributed by atoms with van der Waals surface area (Å²) < 4.78 is 12.7. The molecule has 3 rings (SSSR count). The molecular formula is C11H16N4O2S. The molecule has 6 nitrogen and oxygen atoms in total. The first-order valence-corrected chi connectivity index (χ1v) is 6.81. The molecular weight excluding hydrogens is 252 g/mol. The van der Waals surface area contributed by atoms with Gasteiger partial charge in [0.2, 0.25) is 5.88 Å². The van der Waals surface area contributed by atoms with Crippen molar-refractivity contribution in [1.29, 1.82) is 0 Å². The number of aromatic nitrogens is 2. The van der Waals surface area contributed by atoms with Crippen LogP contribution in [0.5, 0.6) is 5.88 Å². The van der Waals surface area contributed by atoms with E-state index in [0.29, 0.717) is 12.4 Å².